The topological polar surface area (TPSA) is 20.3 Å². The van der Waals surface area contributed by atoms with Crippen LogP contribution in [0.3, 0.4) is 0 Å². The summed E-state index contributed by atoms with van der Waals surface area (Å²) in [6.07, 6.45) is 1.07. The monoisotopic (exact) mass is 199 g/mol. The molecule has 0 fully saturated rings. The Labute approximate surface area is 89.9 Å². The highest BCUT2D eigenvalue weighted by Gasteiger charge is 2.14. The van der Waals surface area contributed by atoms with Crippen molar-refractivity contribution in [3.63, 3.8) is 0 Å². The Bertz CT molecular complexity index is 465. The number of benzene rings is 1. The van der Waals surface area contributed by atoms with Crippen LogP contribution < -0.4 is 4.90 Å². The van der Waals surface area contributed by atoms with E-state index in [2.05, 4.69) is 35.9 Å². The van der Waals surface area contributed by atoms with Gasteiger partial charge in [-0.2, -0.15) is 0 Å². The molecule has 1 heterocycles. The van der Waals surface area contributed by atoms with E-state index in [0.717, 1.165) is 18.5 Å². The van der Waals surface area contributed by atoms with Crippen molar-refractivity contribution in [1.29, 1.82) is 0 Å². The van der Waals surface area contributed by atoms with E-state index in [1.807, 2.05) is 6.07 Å². The third kappa shape index (κ3) is 2.02. The molecule has 76 valence electrons. The van der Waals surface area contributed by atoms with Gasteiger partial charge < -0.3 is 4.90 Å². The average molecular weight is 199 g/mol. The van der Waals surface area contributed by atoms with Gasteiger partial charge in [0.25, 0.3) is 0 Å². The molecule has 0 bridgehead atoms. The number of hydrogen-bond donors (Lipinski definition) is 0. The maximum atomic E-state index is 10.7. The van der Waals surface area contributed by atoms with Gasteiger partial charge in [0.2, 0.25) is 5.78 Å². The lowest BCUT2D eigenvalue weighted by molar-refractivity contribution is -0.111. The zero-order valence-corrected chi connectivity index (χ0v) is 9.00. The number of fused-ring (bicyclic) bond motifs is 1. The summed E-state index contributed by atoms with van der Waals surface area (Å²) in [7, 11) is 2.09. The summed E-state index contributed by atoms with van der Waals surface area (Å²) in [5.41, 5.74) is 3.54. The van der Waals surface area contributed by atoms with Gasteiger partial charge in [0.15, 0.2) is 0 Å². The summed E-state index contributed by atoms with van der Waals surface area (Å²) >= 11 is 0. The van der Waals surface area contributed by atoms with Crippen molar-refractivity contribution in [2.24, 2.45) is 0 Å². The van der Waals surface area contributed by atoms with Gasteiger partial charge in [-0.1, -0.05) is 5.92 Å². The molecular formula is C13H13NO. The van der Waals surface area contributed by atoms with Crippen LogP contribution in [0.15, 0.2) is 18.2 Å². The Morgan fingerprint density at radius 2 is 2.27 bits per heavy atom. The molecular weight excluding hydrogens is 186 g/mol. The first-order chi connectivity index (χ1) is 7.16. The molecule has 0 aromatic heterocycles. The molecule has 2 rings (SSSR count). The number of hydrogen-bond acceptors (Lipinski definition) is 2. The second kappa shape index (κ2) is 3.78. The van der Waals surface area contributed by atoms with Gasteiger partial charge in [0, 0.05) is 31.8 Å². The minimum absolute atomic E-state index is 0.0902. The van der Waals surface area contributed by atoms with Crippen LogP contribution in [0, 0.1) is 11.8 Å². The number of Topliss-reactive ketones (excluding diaryl/α,β-unsaturated/α-hetero) is 1. The fourth-order valence-electron chi connectivity index (χ4n) is 1.80. The number of likely N-dealkylation sites (N-methyl/N-ethyl adjacent to an activating group) is 1. The van der Waals surface area contributed by atoms with Crippen LogP contribution in [0.1, 0.15) is 18.1 Å². The molecule has 0 spiro atoms. The van der Waals surface area contributed by atoms with Gasteiger partial charge >= 0.3 is 0 Å². The Kier molecular flexibility index (Phi) is 2.47. The average Bonchev–Trinajstić information content (AvgIpc) is 2.57. The van der Waals surface area contributed by atoms with Crippen molar-refractivity contribution in [2.45, 2.75) is 13.3 Å². The lowest BCUT2D eigenvalue weighted by Crippen LogP contribution is -2.12. The summed E-state index contributed by atoms with van der Waals surface area (Å²) in [5.74, 6) is 5.34. The van der Waals surface area contributed by atoms with E-state index < -0.39 is 0 Å². The van der Waals surface area contributed by atoms with Crippen molar-refractivity contribution in [3.05, 3.63) is 29.3 Å². The fourth-order valence-corrected chi connectivity index (χ4v) is 1.80. The molecule has 0 radical (unpaired) electrons. The van der Waals surface area contributed by atoms with Crippen molar-refractivity contribution in [1.82, 2.24) is 0 Å². The van der Waals surface area contributed by atoms with Gasteiger partial charge in [-0.15, -0.1) is 0 Å². The number of nitrogens with zero attached hydrogens (tertiary/aromatic N) is 1. The molecule has 0 N–H and O–H groups in total. The predicted molar refractivity (Wildman–Crippen MR) is 61.0 cm³/mol. The standard InChI is InChI=1S/C13H13NO/c1-10(15)3-4-11-5-6-13-12(9-11)7-8-14(13)2/h5-6,9H,7-8H2,1-2H3. The van der Waals surface area contributed by atoms with Crippen LogP contribution in [0.4, 0.5) is 5.69 Å². The van der Waals surface area contributed by atoms with Gasteiger partial charge in [-0.3, -0.25) is 4.79 Å². The Morgan fingerprint density at radius 1 is 1.47 bits per heavy atom. The highest BCUT2D eigenvalue weighted by Crippen LogP contribution is 2.26. The smallest absolute Gasteiger partial charge is 0.202 e. The van der Waals surface area contributed by atoms with Crippen LogP contribution in [-0.4, -0.2) is 19.4 Å². The van der Waals surface area contributed by atoms with Crippen molar-refractivity contribution in [2.75, 3.05) is 18.5 Å². The highest BCUT2D eigenvalue weighted by atomic mass is 16.1. The van der Waals surface area contributed by atoms with Crippen LogP contribution in [-0.2, 0) is 11.2 Å². The minimum atomic E-state index is -0.0902. The second-order valence-corrected chi connectivity index (χ2v) is 3.82. The molecule has 1 aliphatic heterocycles. The predicted octanol–water partition coefficient (Wildman–Crippen LogP) is 1.62. The first kappa shape index (κ1) is 9.79. The van der Waals surface area contributed by atoms with Crippen molar-refractivity contribution in [3.8, 4) is 11.8 Å². The van der Waals surface area contributed by atoms with Gasteiger partial charge in [0.05, 0.1) is 0 Å². The van der Waals surface area contributed by atoms with E-state index in [-0.39, 0.29) is 5.78 Å². The Morgan fingerprint density at radius 3 is 3.00 bits per heavy atom. The minimum Gasteiger partial charge on any atom is -0.374 e. The Balaban J connectivity index is 2.32. The first-order valence-corrected chi connectivity index (χ1v) is 5.03. The molecule has 0 aliphatic carbocycles. The van der Waals surface area contributed by atoms with E-state index in [9.17, 15) is 4.79 Å². The lowest BCUT2D eigenvalue weighted by Gasteiger charge is -2.10. The number of anilines is 1. The fraction of sp³-hybridized carbons (Fsp3) is 0.308. The number of rotatable bonds is 0. The first-order valence-electron chi connectivity index (χ1n) is 5.03. The van der Waals surface area contributed by atoms with E-state index in [0.29, 0.717) is 0 Å². The SMILES string of the molecule is CC(=O)C#Cc1ccc2c(c1)CCN2C. The summed E-state index contributed by atoms with van der Waals surface area (Å²) < 4.78 is 0. The molecule has 1 aliphatic rings. The van der Waals surface area contributed by atoms with Gasteiger partial charge in [-0.25, -0.2) is 0 Å². The van der Waals surface area contributed by atoms with Gasteiger partial charge in [0.1, 0.15) is 0 Å². The van der Waals surface area contributed by atoms with E-state index in [1.165, 1.54) is 18.2 Å². The van der Waals surface area contributed by atoms with E-state index >= 15 is 0 Å². The molecule has 0 saturated carbocycles. The number of carbonyl (C=O) groups is 1. The summed E-state index contributed by atoms with van der Waals surface area (Å²) in [4.78, 5) is 13.0. The molecule has 0 amide bonds. The molecule has 1 aromatic rings. The normalized spacial score (nSPS) is 13.1. The Hall–Kier alpha value is -1.75. The maximum absolute atomic E-state index is 10.7. The van der Waals surface area contributed by atoms with Crippen LogP contribution in [0.5, 0.6) is 0 Å². The third-order valence-electron chi connectivity index (χ3n) is 2.59. The highest BCUT2D eigenvalue weighted by molar-refractivity contribution is 5.93. The second-order valence-electron chi connectivity index (χ2n) is 3.82. The van der Waals surface area contributed by atoms with Crippen molar-refractivity contribution >= 4 is 11.5 Å². The van der Waals surface area contributed by atoms with Gasteiger partial charge in [-0.05, 0) is 36.1 Å². The zero-order valence-electron chi connectivity index (χ0n) is 9.00. The largest absolute Gasteiger partial charge is 0.374 e. The maximum Gasteiger partial charge on any atom is 0.202 e. The van der Waals surface area contributed by atoms with E-state index in [4.69, 9.17) is 0 Å². The molecule has 0 atom stereocenters. The zero-order chi connectivity index (χ0) is 10.8. The third-order valence-corrected chi connectivity index (χ3v) is 2.59. The molecule has 0 saturated heterocycles. The van der Waals surface area contributed by atoms with E-state index in [1.54, 1.807) is 0 Å². The number of carbonyl (C=O) groups excluding carboxylic acids is 1. The molecule has 2 nitrogen and oxygen atoms in total. The molecule has 0 unspecified atom stereocenters. The van der Waals surface area contributed by atoms with Crippen LogP contribution in [0.25, 0.3) is 0 Å². The molecule has 2 heteroatoms. The quantitative estimate of drug-likeness (QED) is 0.592. The summed E-state index contributed by atoms with van der Waals surface area (Å²) in [6, 6.07) is 6.12. The summed E-state index contributed by atoms with van der Waals surface area (Å²) in [6.45, 7) is 2.55. The summed E-state index contributed by atoms with van der Waals surface area (Å²) in [5, 5.41) is 0. The molecule has 15 heavy (non-hydrogen) atoms. The number of ketones is 1. The van der Waals surface area contributed by atoms with Crippen LogP contribution >= 0.6 is 0 Å². The van der Waals surface area contributed by atoms with Crippen molar-refractivity contribution < 1.29 is 4.79 Å². The molecule has 1 aromatic carbocycles. The lowest BCUT2D eigenvalue weighted by atomic mass is 10.1. The van der Waals surface area contributed by atoms with Crippen LogP contribution in [0.2, 0.25) is 0 Å².